The van der Waals surface area contributed by atoms with E-state index in [2.05, 4.69) is 0 Å². The molecule has 0 unspecified atom stereocenters. The molecule has 3 heterocycles. The van der Waals surface area contributed by atoms with Gasteiger partial charge in [-0.2, -0.15) is 0 Å². The number of carbonyl (C=O) groups excluding carboxylic acids is 1. The topological polar surface area (TPSA) is 296 Å². The van der Waals surface area contributed by atoms with Gasteiger partial charge in [0.25, 0.3) is 0 Å². The molecule has 18 heteroatoms. The van der Waals surface area contributed by atoms with Gasteiger partial charge in [-0.25, -0.2) is 4.79 Å². The van der Waals surface area contributed by atoms with Crippen LogP contribution in [0.4, 0.5) is 0 Å². The summed E-state index contributed by atoms with van der Waals surface area (Å²) in [5.41, 5.74) is -0.224. The molecule has 2 aromatic carbocycles. The summed E-state index contributed by atoms with van der Waals surface area (Å²) in [4.78, 5) is 24.5. The Hall–Kier alpha value is -5.44. The highest BCUT2D eigenvalue weighted by Gasteiger charge is 2.48. The Morgan fingerprint density at radius 3 is 2.13 bits per heavy atom. The van der Waals surface area contributed by atoms with E-state index in [9.17, 15) is 60.7 Å². The summed E-state index contributed by atoms with van der Waals surface area (Å²) < 4.78 is 34.0. The van der Waals surface area contributed by atoms with Crippen LogP contribution in [0.15, 0.2) is 69.9 Å². The van der Waals surface area contributed by atoms with Gasteiger partial charge in [0.1, 0.15) is 53.9 Å². The molecule has 10 N–H and O–H groups in total. The van der Waals surface area contributed by atoms with Gasteiger partial charge < -0.3 is 79.2 Å². The number of carbonyl (C=O) groups is 1. The second-order valence-corrected chi connectivity index (χ2v) is 12.6. The predicted octanol–water partition coefficient (Wildman–Crippen LogP) is 0.234. The van der Waals surface area contributed by atoms with Crippen LogP contribution in [0.5, 0.6) is 34.5 Å². The average molecular weight is 757 g/mol. The van der Waals surface area contributed by atoms with Gasteiger partial charge in [0.15, 0.2) is 46.6 Å². The van der Waals surface area contributed by atoms with Crippen LogP contribution in [0.3, 0.4) is 0 Å². The van der Waals surface area contributed by atoms with Crippen LogP contribution in [0.2, 0.25) is 0 Å². The standard InChI is InChI=1S/C36H36O18/c1-14-33(54-26(42)7-4-15-2-5-17(37)6-3-15)30(46)32(48)35(50-14)49-13-25-28(44)29(45)31(47)36(53-25)52-24-12-19-20(39)10-18(38)11-23(19)51-34(24)16-8-21(40)27(43)22(41)9-16/h2-12,14,25,28-33,35-37,39-41,43-48H,13H2,1H3/b7-4+/t14-,25+,28+,29-,30-,31+,32+,33-,35+,36+/m0/s1. The Morgan fingerprint density at radius 1 is 0.778 bits per heavy atom. The Morgan fingerprint density at radius 2 is 1.44 bits per heavy atom. The molecule has 2 fully saturated rings. The molecule has 2 aromatic rings. The van der Waals surface area contributed by atoms with Crippen LogP contribution < -0.4 is 10.2 Å². The maximum Gasteiger partial charge on any atom is 0.331 e. The molecule has 18 nitrogen and oxygen atoms in total. The summed E-state index contributed by atoms with van der Waals surface area (Å²) in [6, 6.07) is 11.0. The van der Waals surface area contributed by atoms with E-state index in [-0.39, 0.29) is 34.1 Å². The fraction of sp³-hybridized carbons (Fsp3) is 0.333. The fourth-order valence-electron chi connectivity index (χ4n) is 5.89. The van der Waals surface area contributed by atoms with Crippen molar-refractivity contribution in [2.75, 3.05) is 6.61 Å². The molecule has 0 radical (unpaired) electrons. The highest BCUT2D eigenvalue weighted by atomic mass is 16.7. The molecule has 0 bridgehead atoms. The lowest BCUT2D eigenvalue weighted by molar-refractivity contribution is -0.319. The van der Waals surface area contributed by atoms with E-state index in [0.29, 0.717) is 5.56 Å². The zero-order chi connectivity index (χ0) is 39.0. The van der Waals surface area contributed by atoms with E-state index in [0.717, 1.165) is 30.3 Å². The minimum atomic E-state index is -1.93. The Bertz CT molecular complexity index is 2000. The van der Waals surface area contributed by atoms with Crippen LogP contribution in [0, 0.1) is 0 Å². The van der Waals surface area contributed by atoms with Crippen LogP contribution in [-0.2, 0) is 23.7 Å². The van der Waals surface area contributed by atoms with Gasteiger partial charge in [0.2, 0.25) is 6.29 Å². The monoisotopic (exact) mass is 756 g/mol. The molecule has 10 atom stereocenters. The lowest BCUT2D eigenvalue weighted by Crippen LogP contribution is -2.62. The first-order valence-electron chi connectivity index (χ1n) is 16.3. The Kier molecular flexibility index (Phi) is 11.0. The summed E-state index contributed by atoms with van der Waals surface area (Å²) in [6.07, 6.45) is -13.9. The van der Waals surface area contributed by atoms with E-state index < -0.39 is 102 Å². The number of hydrogen-bond donors (Lipinski definition) is 10. The maximum absolute atomic E-state index is 12.5. The highest BCUT2D eigenvalue weighted by Crippen LogP contribution is 2.45. The molecule has 3 aliphatic heterocycles. The van der Waals surface area contributed by atoms with Crippen LogP contribution >= 0.6 is 0 Å². The highest BCUT2D eigenvalue weighted by molar-refractivity contribution is 5.87. The van der Waals surface area contributed by atoms with Gasteiger partial charge in [-0.3, -0.25) is 4.79 Å². The molecule has 54 heavy (non-hydrogen) atoms. The van der Waals surface area contributed by atoms with Crippen molar-refractivity contribution in [2.24, 2.45) is 0 Å². The van der Waals surface area contributed by atoms with Crippen molar-refractivity contribution in [2.45, 2.75) is 68.3 Å². The Labute approximate surface area is 304 Å². The summed E-state index contributed by atoms with van der Waals surface area (Å²) in [7, 11) is 0. The number of fused-ring (bicyclic) bond motifs is 1. The first-order chi connectivity index (χ1) is 25.6. The third-order valence-corrected chi connectivity index (χ3v) is 8.81. The number of hydrogen-bond acceptors (Lipinski definition) is 18. The largest absolute Gasteiger partial charge is 0.508 e. The van der Waals surface area contributed by atoms with Crippen molar-refractivity contribution in [3.8, 4) is 57.1 Å². The second-order valence-electron chi connectivity index (χ2n) is 12.6. The van der Waals surface area contributed by atoms with Crippen molar-refractivity contribution in [3.63, 3.8) is 0 Å². The van der Waals surface area contributed by atoms with E-state index >= 15 is 0 Å². The number of aromatic hydroxyl groups is 5. The first-order valence-corrected chi connectivity index (χ1v) is 16.3. The Balaban J connectivity index is 1.17. The van der Waals surface area contributed by atoms with Gasteiger partial charge in [-0.05, 0) is 48.9 Å². The summed E-state index contributed by atoms with van der Waals surface area (Å²) in [5, 5.41) is 104. The number of phenolic OH excluding ortho intramolecular Hbond substituents is 5. The minimum absolute atomic E-state index is 0.0367. The molecule has 0 saturated carbocycles. The zero-order valence-electron chi connectivity index (χ0n) is 28.1. The molecule has 0 spiro atoms. The molecular formula is C36H36O18. The molecule has 288 valence electrons. The molecule has 4 aliphatic rings. The van der Waals surface area contributed by atoms with Gasteiger partial charge in [-0.15, -0.1) is 0 Å². The fourth-order valence-corrected chi connectivity index (χ4v) is 5.89. The number of aliphatic hydroxyl groups is 5. The van der Waals surface area contributed by atoms with E-state index in [1.165, 1.54) is 31.2 Å². The summed E-state index contributed by atoms with van der Waals surface area (Å²) in [5.74, 6) is -4.54. The van der Waals surface area contributed by atoms with Gasteiger partial charge >= 0.3 is 5.97 Å². The third-order valence-electron chi connectivity index (χ3n) is 8.81. The van der Waals surface area contributed by atoms with Crippen LogP contribution in [0.1, 0.15) is 12.5 Å². The number of phenols is 5. The number of benzene rings is 3. The number of rotatable bonds is 9. The van der Waals surface area contributed by atoms with E-state index in [1.54, 1.807) is 12.1 Å². The summed E-state index contributed by atoms with van der Waals surface area (Å²) in [6.45, 7) is 0.812. The third kappa shape index (κ3) is 7.91. The van der Waals surface area contributed by atoms with Crippen molar-refractivity contribution in [1.29, 1.82) is 0 Å². The molecule has 6 rings (SSSR count). The molecule has 2 saturated heterocycles. The lowest BCUT2D eigenvalue weighted by atomic mass is 9.98. The van der Waals surface area contributed by atoms with Crippen molar-refractivity contribution >= 4 is 12.0 Å². The van der Waals surface area contributed by atoms with Crippen LogP contribution in [0.25, 0.3) is 28.7 Å². The van der Waals surface area contributed by atoms with Crippen molar-refractivity contribution < 1.29 is 84.0 Å². The van der Waals surface area contributed by atoms with E-state index in [4.69, 9.17) is 28.1 Å². The number of ether oxygens (including phenoxy) is 5. The van der Waals surface area contributed by atoms with E-state index in [1.807, 2.05) is 0 Å². The lowest BCUT2D eigenvalue weighted by Gasteiger charge is -2.43. The molecular weight excluding hydrogens is 720 g/mol. The molecule has 0 aromatic heterocycles. The van der Waals surface area contributed by atoms with Crippen molar-refractivity contribution in [3.05, 3.63) is 76.5 Å². The van der Waals surface area contributed by atoms with Gasteiger partial charge in [0.05, 0.1) is 18.3 Å². The minimum Gasteiger partial charge on any atom is -0.508 e. The quantitative estimate of drug-likeness (QED) is 0.0621. The summed E-state index contributed by atoms with van der Waals surface area (Å²) >= 11 is 0. The molecule has 0 amide bonds. The first kappa shape index (κ1) is 38.3. The van der Waals surface area contributed by atoms with Gasteiger partial charge in [-0.1, -0.05) is 12.1 Å². The second kappa shape index (κ2) is 15.5. The van der Waals surface area contributed by atoms with Crippen LogP contribution in [-0.4, -0.2) is 125 Å². The zero-order valence-corrected chi connectivity index (χ0v) is 28.1. The smallest absolute Gasteiger partial charge is 0.331 e. The average Bonchev–Trinajstić information content (AvgIpc) is 3.13. The number of aliphatic hydroxyl groups excluding tert-OH is 5. The molecule has 1 aliphatic carbocycles. The van der Waals surface area contributed by atoms with Crippen molar-refractivity contribution in [1.82, 2.24) is 0 Å². The van der Waals surface area contributed by atoms with Gasteiger partial charge in [0, 0.05) is 23.8 Å². The predicted molar refractivity (Wildman–Crippen MR) is 180 cm³/mol. The maximum atomic E-state index is 12.5. The number of esters is 1. The SMILES string of the molecule is C[C@@H]1O[C@@H](OC[C@H]2O[C@@H](Oc3cc4c(O)cc(=O)cc-4oc3-c3cc(O)c(O)c(O)c3)[C@H](O)[C@@H](O)[C@@H]2O)[C@H](O)[C@H](O)[C@H]1OC(=O)/C=C/c1ccc(O)cc1. The normalized spacial score (nSPS) is 28.6.